The maximum absolute atomic E-state index is 13.6. The van der Waals surface area contributed by atoms with Gasteiger partial charge in [0.05, 0.1) is 19.1 Å². The van der Waals surface area contributed by atoms with Crippen LogP contribution in [0.1, 0.15) is 34.1 Å². The molecule has 0 aromatic carbocycles. The van der Waals surface area contributed by atoms with Crippen molar-refractivity contribution in [2.75, 3.05) is 19.7 Å². The van der Waals surface area contributed by atoms with E-state index < -0.39 is 29.8 Å². The number of amides is 1. The zero-order valence-corrected chi connectivity index (χ0v) is 11.9. The van der Waals surface area contributed by atoms with Crippen LogP contribution in [0.4, 0.5) is 9.18 Å². The summed E-state index contributed by atoms with van der Waals surface area (Å²) in [4.78, 5) is 24.7. The van der Waals surface area contributed by atoms with Crippen molar-refractivity contribution in [1.82, 2.24) is 4.90 Å². The molecular formula is C13H22FNO4. The summed E-state index contributed by atoms with van der Waals surface area (Å²) < 4.78 is 23.7. The van der Waals surface area contributed by atoms with E-state index in [0.717, 1.165) is 0 Å². The lowest BCUT2D eigenvalue weighted by Gasteiger charge is -2.34. The summed E-state index contributed by atoms with van der Waals surface area (Å²) in [6, 6.07) is 0. The fourth-order valence-corrected chi connectivity index (χ4v) is 1.94. The van der Waals surface area contributed by atoms with Crippen molar-refractivity contribution in [3.05, 3.63) is 0 Å². The first-order chi connectivity index (χ1) is 8.73. The van der Waals surface area contributed by atoms with E-state index in [0.29, 0.717) is 0 Å². The van der Waals surface area contributed by atoms with Crippen molar-refractivity contribution in [1.29, 1.82) is 0 Å². The van der Waals surface area contributed by atoms with Crippen molar-refractivity contribution in [2.24, 2.45) is 5.92 Å². The van der Waals surface area contributed by atoms with Crippen LogP contribution in [0.2, 0.25) is 0 Å². The van der Waals surface area contributed by atoms with Crippen LogP contribution >= 0.6 is 0 Å². The van der Waals surface area contributed by atoms with Gasteiger partial charge in [-0.05, 0) is 34.1 Å². The van der Waals surface area contributed by atoms with Crippen LogP contribution in [0, 0.1) is 5.92 Å². The SMILES string of the molecule is CCOC(=O)C1CC(F)CN(C(=O)OC(C)(C)C)C1. The summed E-state index contributed by atoms with van der Waals surface area (Å²) >= 11 is 0. The third kappa shape index (κ3) is 5.04. The molecule has 1 amide bonds. The highest BCUT2D eigenvalue weighted by molar-refractivity contribution is 5.75. The number of esters is 1. The second-order valence-electron chi connectivity index (χ2n) is 5.67. The first-order valence-electron chi connectivity index (χ1n) is 6.51. The first-order valence-corrected chi connectivity index (χ1v) is 6.51. The molecule has 1 saturated heterocycles. The molecule has 2 atom stereocenters. The van der Waals surface area contributed by atoms with E-state index in [4.69, 9.17) is 9.47 Å². The number of carbonyl (C=O) groups excluding carboxylic acids is 2. The Morgan fingerprint density at radius 2 is 1.95 bits per heavy atom. The third-order valence-corrected chi connectivity index (χ3v) is 2.67. The molecule has 0 N–H and O–H groups in total. The van der Waals surface area contributed by atoms with Gasteiger partial charge in [0.1, 0.15) is 11.8 Å². The molecule has 1 rings (SSSR count). The lowest BCUT2D eigenvalue weighted by atomic mass is 9.97. The van der Waals surface area contributed by atoms with Crippen molar-refractivity contribution < 1.29 is 23.5 Å². The van der Waals surface area contributed by atoms with Gasteiger partial charge >= 0.3 is 12.1 Å². The van der Waals surface area contributed by atoms with E-state index in [9.17, 15) is 14.0 Å². The molecule has 1 heterocycles. The molecule has 1 aliphatic heterocycles. The van der Waals surface area contributed by atoms with Gasteiger partial charge in [-0.3, -0.25) is 4.79 Å². The van der Waals surface area contributed by atoms with Crippen LogP contribution in [-0.2, 0) is 14.3 Å². The highest BCUT2D eigenvalue weighted by Gasteiger charge is 2.36. The number of piperidine rings is 1. The van der Waals surface area contributed by atoms with Gasteiger partial charge in [-0.1, -0.05) is 0 Å². The summed E-state index contributed by atoms with van der Waals surface area (Å²) in [7, 11) is 0. The molecule has 0 aromatic rings. The van der Waals surface area contributed by atoms with Gasteiger partial charge in [-0.25, -0.2) is 9.18 Å². The number of rotatable bonds is 2. The predicted octanol–water partition coefficient (Wildman–Crippen LogP) is 2.14. The van der Waals surface area contributed by atoms with Crippen LogP contribution in [0.3, 0.4) is 0 Å². The van der Waals surface area contributed by atoms with Gasteiger partial charge in [-0.15, -0.1) is 0 Å². The standard InChI is InChI=1S/C13H22FNO4/c1-5-18-11(16)9-6-10(14)8-15(7-9)12(17)19-13(2,3)4/h9-10H,5-8H2,1-4H3. The van der Waals surface area contributed by atoms with Crippen LogP contribution in [0.25, 0.3) is 0 Å². The minimum Gasteiger partial charge on any atom is -0.466 e. The number of ether oxygens (including phenoxy) is 2. The van der Waals surface area contributed by atoms with E-state index in [1.165, 1.54) is 4.90 Å². The van der Waals surface area contributed by atoms with Crippen LogP contribution in [0.5, 0.6) is 0 Å². The molecule has 0 saturated carbocycles. The lowest BCUT2D eigenvalue weighted by Crippen LogP contribution is -2.49. The van der Waals surface area contributed by atoms with E-state index in [1.807, 2.05) is 0 Å². The Hall–Kier alpha value is -1.33. The summed E-state index contributed by atoms with van der Waals surface area (Å²) in [6.07, 6.45) is -1.72. The molecule has 0 aliphatic carbocycles. The maximum atomic E-state index is 13.6. The van der Waals surface area contributed by atoms with Crippen molar-refractivity contribution in [2.45, 2.75) is 45.9 Å². The summed E-state index contributed by atoms with van der Waals surface area (Å²) in [6.45, 7) is 7.27. The number of halogens is 1. The molecule has 1 aliphatic rings. The van der Waals surface area contributed by atoms with Crippen LogP contribution in [0.15, 0.2) is 0 Å². The van der Waals surface area contributed by atoms with Crippen molar-refractivity contribution in [3.8, 4) is 0 Å². The number of nitrogens with zero attached hydrogens (tertiary/aromatic N) is 1. The monoisotopic (exact) mass is 275 g/mol. The summed E-state index contributed by atoms with van der Waals surface area (Å²) in [5.74, 6) is -1.07. The molecule has 0 spiro atoms. The Balaban J connectivity index is 2.64. The Bertz CT molecular complexity index is 340. The van der Waals surface area contributed by atoms with Crippen molar-refractivity contribution in [3.63, 3.8) is 0 Å². The minimum absolute atomic E-state index is 0.0369. The molecule has 2 unspecified atom stereocenters. The van der Waals surface area contributed by atoms with E-state index in [1.54, 1.807) is 27.7 Å². The third-order valence-electron chi connectivity index (χ3n) is 2.67. The van der Waals surface area contributed by atoms with Gasteiger partial charge in [0, 0.05) is 6.54 Å². The van der Waals surface area contributed by atoms with Gasteiger partial charge in [0.2, 0.25) is 0 Å². The Kier molecular flexibility index (Phi) is 5.14. The first kappa shape index (κ1) is 15.7. The zero-order chi connectivity index (χ0) is 14.6. The van der Waals surface area contributed by atoms with Gasteiger partial charge in [0.15, 0.2) is 0 Å². The number of alkyl halides is 1. The predicted molar refractivity (Wildman–Crippen MR) is 67.4 cm³/mol. The van der Waals surface area contributed by atoms with E-state index >= 15 is 0 Å². The smallest absolute Gasteiger partial charge is 0.410 e. The molecule has 0 aromatic heterocycles. The van der Waals surface area contributed by atoms with Gasteiger partial charge in [0.25, 0.3) is 0 Å². The Labute approximate surface area is 113 Å². The highest BCUT2D eigenvalue weighted by atomic mass is 19.1. The normalized spacial score (nSPS) is 23.9. The minimum atomic E-state index is -1.23. The van der Waals surface area contributed by atoms with Gasteiger partial charge in [-0.2, -0.15) is 0 Å². The number of likely N-dealkylation sites (tertiary alicyclic amines) is 1. The second kappa shape index (κ2) is 6.21. The number of carbonyl (C=O) groups is 2. The molecule has 1 fully saturated rings. The highest BCUT2D eigenvalue weighted by Crippen LogP contribution is 2.22. The van der Waals surface area contributed by atoms with Crippen LogP contribution in [-0.4, -0.2) is 48.4 Å². The zero-order valence-electron chi connectivity index (χ0n) is 11.9. The molecular weight excluding hydrogens is 253 g/mol. The fourth-order valence-electron chi connectivity index (χ4n) is 1.94. The quantitative estimate of drug-likeness (QED) is 0.725. The molecule has 5 nitrogen and oxygen atoms in total. The lowest BCUT2D eigenvalue weighted by molar-refractivity contribution is -0.150. The average Bonchev–Trinajstić information content (AvgIpc) is 2.26. The van der Waals surface area contributed by atoms with E-state index in [-0.39, 0.29) is 26.1 Å². The molecule has 6 heteroatoms. The largest absolute Gasteiger partial charge is 0.466 e. The van der Waals surface area contributed by atoms with Crippen LogP contribution < -0.4 is 0 Å². The maximum Gasteiger partial charge on any atom is 0.410 e. The number of hydrogen-bond acceptors (Lipinski definition) is 4. The number of hydrogen-bond donors (Lipinski definition) is 0. The fraction of sp³-hybridized carbons (Fsp3) is 0.846. The molecule has 110 valence electrons. The topological polar surface area (TPSA) is 55.8 Å². The van der Waals surface area contributed by atoms with Gasteiger partial charge < -0.3 is 14.4 Å². The second-order valence-corrected chi connectivity index (χ2v) is 5.67. The molecule has 19 heavy (non-hydrogen) atoms. The van der Waals surface area contributed by atoms with Crippen molar-refractivity contribution >= 4 is 12.1 Å². The Morgan fingerprint density at radius 1 is 1.32 bits per heavy atom. The summed E-state index contributed by atoms with van der Waals surface area (Å²) in [5.41, 5.74) is -0.639. The average molecular weight is 275 g/mol. The Morgan fingerprint density at radius 3 is 2.47 bits per heavy atom. The molecule has 0 radical (unpaired) electrons. The van der Waals surface area contributed by atoms with E-state index in [2.05, 4.69) is 0 Å². The molecule has 0 bridgehead atoms. The summed E-state index contributed by atoms with van der Waals surface area (Å²) in [5, 5.41) is 0.